The maximum absolute atomic E-state index is 11.4. The summed E-state index contributed by atoms with van der Waals surface area (Å²) in [4.78, 5) is 13.3. The molecule has 1 amide bonds. The highest BCUT2D eigenvalue weighted by Gasteiger charge is 2.29. The molecule has 0 aromatic heterocycles. The van der Waals surface area contributed by atoms with Gasteiger partial charge in [-0.05, 0) is 27.7 Å². The van der Waals surface area contributed by atoms with Gasteiger partial charge in [-0.15, -0.1) is 0 Å². The fraction of sp³-hybridized carbons (Fsp3) is 0.667. The highest BCUT2D eigenvalue weighted by atomic mass is 16.2. The average Bonchev–Trinajstić information content (AvgIpc) is 2.11. The smallest absolute Gasteiger partial charge is 0.249 e. The van der Waals surface area contributed by atoms with Crippen LogP contribution in [0.2, 0.25) is 0 Å². The van der Waals surface area contributed by atoms with Crippen molar-refractivity contribution >= 4 is 5.91 Å². The molecule has 2 nitrogen and oxygen atoms in total. The van der Waals surface area contributed by atoms with Crippen molar-refractivity contribution in [2.45, 2.75) is 33.2 Å². The van der Waals surface area contributed by atoms with Gasteiger partial charge in [-0.25, -0.2) is 0 Å². The highest BCUT2D eigenvalue weighted by molar-refractivity contribution is 5.95. The molecule has 62 valence electrons. The fourth-order valence-corrected chi connectivity index (χ4v) is 1.19. The van der Waals surface area contributed by atoms with Gasteiger partial charge in [0.25, 0.3) is 0 Å². The van der Waals surface area contributed by atoms with Crippen LogP contribution >= 0.6 is 0 Å². The van der Waals surface area contributed by atoms with E-state index in [-0.39, 0.29) is 11.4 Å². The van der Waals surface area contributed by atoms with Crippen LogP contribution in [0, 0.1) is 0 Å². The number of carbonyl (C=O) groups is 1. The molecule has 1 heterocycles. The van der Waals surface area contributed by atoms with Crippen molar-refractivity contribution in [3.05, 3.63) is 11.6 Å². The molecule has 1 aliphatic rings. The molecule has 0 spiro atoms. The average molecular weight is 153 g/mol. The summed E-state index contributed by atoms with van der Waals surface area (Å²) in [5.41, 5.74) is 0.839. The summed E-state index contributed by atoms with van der Waals surface area (Å²) in [5.74, 6) is 0.178. The number of amides is 1. The van der Waals surface area contributed by atoms with Gasteiger partial charge in [-0.2, -0.15) is 0 Å². The highest BCUT2D eigenvalue weighted by Crippen LogP contribution is 2.20. The fourth-order valence-electron chi connectivity index (χ4n) is 1.19. The first-order valence-corrected chi connectivity index (χ1v) is 3.91. The van der Waals surface area contributed by atoms with Crippen LogP contribution in [0.25, 0.3) is 0 Å². The quantitative estimate of drug-likeness (QED) is 0.517. The van der Waals surface area contributed by atoms with Gasteiger partial charge >= 0.3 is 0 Å². The van der Waals surface area contributed by atoms with Gasteiger partial charge < -0.3 is 4.90 Å². The Hall–Kier alpha value is -0.790. The third-order valence-electron chi connectivity index (χ3n) is 1.97. The zero-order chi connectivity index (χ0) is 8.65. The first kappa shape index (κ1) is 8.31. The van der Waals surface area contributed by atoms with Crippen LogP contribution in [0.4, 0.5) is 0 Å². The molecule has 0 atom stereocenters. The third-order valence-corrected chi connectivity index (χ3v) is 1.97. The summed E-state index contributed by atoms with van der Waals surface area (Å²) < 4.78 is 0. The SMILES string of the molecule is CC1=CCN(C(C)(C)C)C1=O. The molecule has 0 saturated heterocycles. The van der Waals surface area contributed by atoms with Crippen LogP contribution in [-0.4, -0.2) is 22.9 Å². The van der Waals surface area contributed by atoms with E-state index in [0.29, 0.717) is 0 Å². The molecule has 0 fully saturated rings. The normalized spacial score (nSPS) is 19.1. The van der Waals surface area contributed by atoms with Crippen molar-refractivity contribution in [3.8, 4) is 0 Å². The Morgan fingerprint density at radius 3 is 2.18 bits per heavy atom. The van der Waals surface area contributed by atoms with Gasteiger partial charge in [0.2, 0.25) is 5.91 Å². The standard InChI is InChI=1S/C9H15NO/c1-7-5-6-10(8(7)11)9(2,3)4/h5H,6H2,1-4H3. The van der Waals surface area contributed by atoms with Crippen LogP contribution in [0.1, 0.15) is 27.7 Å². The van der Waals surface area contributed by atoms with E-state index in [2.05, 4.69) is 20.8 Å². The maximum atomic E-state index is 11.4. The predicted octanol–water partition coefficient (Wildman–Crippen LogP) is 1.57. The summed E-state index contributed by atoms with van der Waals surface area (Å²) in [6.45, 7) is 8.80. The maximum Gasteiger partial charge on any atom is 0.249 e. The van der Waals surface area contributed by atoms with Gasteiger partial charge in [0, 0.05) is 17.7 Å². The van der Waals surface area contributed by atoms with Crippen LogP contribution in [0.3, 0.4) is 0 Å². The van der Waals surface area contributed by atoms with Gasteiger partial charge in [0.05, 0.1) is 0 Å². The number of hydrogen-bond acceptors (Lipinski definition) is 1. The minimum Gasteiger partial charge on any atom is -0.330 e. The van der Waals surface area contributed by atoms with Crippen LogP contribution < -0.4 is 0 Å². The van der Waals surface area contributed by atoms with Crippen LogP contribution in [0.5, 0.6) is 0 Å². The Bertz CT molecular complexity index is 210. The summed E-state index contributed by atoms with van der Waals surface area (Å²) in [7, 11) is 0. The molecular formula is C9H15NO. The minimum atomic E-state index is -0.0364. The Labute approximate surface area is 67.9 Å². The second kappa shape index (κ2) is 2.36. The van der Waals surface area contributed by atoms with E-state index in [9.17, 15) is 4.79 Å². The number of rotatable bonds is 0. The third kappa shape index (κ3) is 1.44. The van der Waals surface area contributed by atoms with E-state index in [4.69, 9.17) is 0 Å². The summed E-state index contributed by atoms with van der Waals surface area (Å²) >= 11 is 0. The molecule has 0 aromatic rings. The molecule has 0 bridgehead atoms. The number of carbonyl (C=O) groups excluding carboxylic acids is 1. The Morgan fingerprint density at radius 2 is 2.00 bits per heavy atom. The van der Waals surface area contributed by atoms with E-state index in [1.54, 1.807) is 0 Å². The molecule has 0 radical (unpaired) electrons. The lowest BCUT2D eigenvalue weighted by Gasteiger charge is -2.31. The molecule has 0 saturated carbocycles. The van der Waals surface area contributed by atoms with Crippen molar-refractivity contribution in [2.24, 2.45) is 0 Å². The summed E-state index contributed by atoms with van der Waals surface area (Å²) in [6.07, 6.45) is 1.98. The first-order valence-electron chi connectivity index (χ1n) is 3.91. The van der Waals surface area contributed by atoms with Gasteiger partial charge in [0.15, 0.2) is 0 Å². The molecular weight excluding hydrogens is 138 g/mol. The van der Waals surface area contributed by atoms with E-state index in [1.165, 1.54) is 0 Å². The lowest BCUT2D eigenvalue weighted by molar-refractivity contribution is -0.129. The molecule has 0 N–H and O–H groups in total. The van der Waals surface area contributed by atoms with Gasteiger partial charge in [-0.1, -0.05) is 6.08 Å². The van der Waals surface area contributed by atoms with Crippen LogP contribution in [0.15, 0.2) is 11.6 Å². The zero-order valence-electron chi connectivity index (χ0n) is 7.64. The van der Waals surface area contributed by atoms with E-state index in [1.807, 2.05) is 17.9 Å². The molecule has 0 unspecified atom stereocenters. The topological polar surface area (TPSA) is 20.3 Å². The zero-order valence-corrected chi connectivity index (χ0v) is 7.64. The molecule has 1 aliphatic heterocycles. The largest absolute Gasteiger partial charge is 0.330 e. The Kier molecular flexibility index (Phi) is 1.78. The van der Waals surface area contributed by atoms with Crippen LogP contribution in [-0.2, 0) is 4.79 Å². The molecule has 0 aromatic carbocycles. The second-order valence-electron chi connectivity index (χ2n) is 3.97. The van der Waals surface area contributed by atoms with Crippen molar-refractivity contribution in [3.63, 3.8) is 0 Å². The Balaban J connectivity index is 2.76. The van der Waals surface area contributed by atoms with E-state index >= 15 is 0 Å². The van der Waals surface area contributed by atoms with Gasteiger partial charge in [0.1, 0.15) is 0 Å². The second-order valence-corrected chi connectivity index (χ2v) is 3.97. The minimum absolute atomic E-state index is 0.0364. The molecule has 1 rings (SSSR count). The van der Waals surface area contributed by atoms with Crippen molar-refractivity contribution in [1.82, 2.24) is 4.90 Å². The number of hydrogen-bond donors (Lipinski definition) is 0. The first-order chi connectivity index (χ1) is 4.93. The number of nitrogens with zero attached hydrogens (tertiary/aromatic N) is 1. The van der Waals surface area contributed by atoms with Crippen molar-refractivity contribution in [1.29, 1.82) is 0 Å². The monoisotopic (exact) mass is 153 g/mol. The van der Waals surface area contributed by atoms with Crippen molar-refractivity contribution in [2.75, 3.05) is 6.54 Å². The molecule has 11 heavy (non-hydrogen) atoms. The summed E-state index contributed by atoms with van der Waals surface area (Å²) in [6, 6.07) is 0. The lowest BCUT2D eigenvalue weighted by atomic mass is 10.1. The van der Waals surface area contributed by atoms with Crippen molar-refractivity contribution < 1.29 is 4.79 Å². The summed E-state index contributed by atoms with van der Waals surface area (Å²) in [5, 5.41) is 0. The predicted molar refractivity (Wildman–Crippen MR) is 45.2 cm³/mol. The molecule has 0 aliphatic carbocycles. The van der Waals surface area contributed by atoms with Gasteiger partial charge in [-0.3, -0.25) is 4.79 Å². The van der Waals surface area contributed by atoms with E-state index in [0.717, 1.165) is 12.1 Å². The van der Waals surface area contributed by atoms with E-state index < -0.39 is 0 Å². The Morgan fingerprint density at radius 1 is 1.45 bits per heavy atom. The lowest BCUT2D eigenvalue weighted by Crippen LogP contribution is -2.42. The molecule has 2 heteroatoms.